The number of fused-ring (bicyclic) bond motifs is 1. The van der Waals surface area contributed by atoms with E-state index < -0.39 is 0 Å². The van der Waals surface area contributed by atoms with Crippen LogP contribution in [0.2, 0.25) is 0 Å². The molecule has 1 aliphatic heterocycles. The quantitative estimate of drug-likeness (QED) is 0.501. The zero-order chi connectivity index (χ0) is 18.6. The lowest BCUT2D eigenvalue weighted by molar-refractivity contribution is 0.0937. The summed E-state index contributed by atoms with van der Waals surface area (Å²) in [6, 6.07) is 13.2. The van der Waals surface area contributed by atoms with Crippen LogP contribution in [0, 0.1) is 11.3 Å². The van der Waals surface area contributed by atoms with Gasteiger partial charge in [0.15, 0.2) is 10.8 Å². The maximum absolute atomic E-state index is 13.0. The first-order valence-electron chi connectivity index (χ1n) is 8.84. The molecule has 2 aromatic heterocycles. The first kappa shape index (κ1) is 17.7. The van der Waals surface area contributed by atoms with E-state index in [2.05, 4.69) is 16.0 Å². The van der Waals surface area contributed by atoms with Crippen molar-refractivity contribution in [2.75, 3.05) is 6.61 Å². The minimum absolute atomic E-state index is 0.0318. The predicted molar refractivity (Wildman–Crippen MR) is 103 cm³/mol. The fraction of sp³-hybridized carbons (Fsp3) is 0.300. The minimum Gasteiger partial charge on any atom is -0.376 e. The van der Waals surface area contributed by atoms with Crippen LogP contribution in [-0.4, -0.2) is 27.2 Å². The summed E-state index contributed by atoms with van der Waals surface area (Å²) in [4.78, 5) is 21.9. The van der Waals surface area contributed by atoms with E-state index in [1.54, 1.807) is 29.0 Å². The maximum Gasteiger partial charge on any atom is 0.263 e. The molecule has 0 aliphatic carbocycles. The van der Waals surface area contributed by atoms with E-state index >= 15 is 0 Å². The highest BCUT2D eigenvalue weighted by atomic mass is 32.2. The van der Waals surface area contributed by atoms with Crippen LogP contribution in [0.3, 0.4) is 0 Å². The van der Waals surface area contributed by atoms with Crippen LogP contribution in [-0.2, 0) is 17.0 Å². The first-order chi connectivity index (χ1) is 13.3. The Morgan fingerprint density at radius 3 is 3.00 bits per heavy atom. The van der Waals surface area contributed by atoms with Crippen LogP contribution in [0.1, 0.15) is 24.0 Å². The molecule has 1 atom stereocenters. The Labute approximate surface area is 160 Å². The molecule has 0 spiro atoms. The number of pyridine rings is 1. The van der Waals surface area contributed by atoms with Crippen molar-refractivity contribution in [1.29, 1.82) is 5.26 Å². The molecule has 27 heavy (non-hydrogen) atoms. The van der Waals surface area contributed by atoms with Gasteiger partial charge in [0.05, 0.1) is 29.7 Å². The van der Waals surface area contributed by atoms with Crippen molar-refractivity contribution in [2.45, 2.75) is 36.4 Å². The van der Waals surface area contributed by atoms with Crippen LogP contribution >= 0.6 is 11.8 Å². The van der Waals surface area contributed by atoms with Gasteiger partial charge in [-0.1, -0.05) is 30.0 Å². The number of hydrogen-bond donors (Lipinski definition) is 0. The number of aromatic nitrogens is 3. The summed E-state index contributed by atoms with van der Waals surface area (Å²) in [6.07, 6.45) is 3.63. The molecule has 3 heterocycles. The summed E-state index contributed by atoms with van der Waals surface area (Å²) in [6.45, 7) is 1.22. The summed E-state index contributed by atoms with van der Waals surface area (Å²) < 4.78 is 7.42. The number of thioether (sulfide) groups is 1. The Balaban J connectivity index is 1.71. The Morgan fingerprint density at radius 1 is 1.30 bits per heavy atom. The Hall–Kier alpha value is -2.69. The fourth-order valence-electron chi connectivity index (χ4n) is 3.20. The van der Waals surface area contributed by atoms with E-state index in [1.807, 2.05) is 18.2 Å². The molecular formula is C20H18N4O2S. The average Bonchev–Trinajstić information content (AvgIpc) is 3.22. The summed E-state index contributed by atoms with van der Waals surface area (Å²) in [5.74, 6) is 0.556. The lowest BCUT2D eigenvalue weighted by Gasteiger charge is -2.16. The number of nitrogens with zero attached hydrogens (tertiary/aromatic N) is 4. The van der Waals surface area contributed by atoms with Gasteiger partial charge in [-0.25, -0.2) is 9.97 Å². The van der Waals surface area contributed by atoms with Crippen molar-refractivity contribution >= 4 is 22.8 Å². The van der Waals surface area contributed by atoms with Crippen LogP contribution in [0.4, 0.5) is 0 Å². The lowest BCUT2D eigenvalue weighted by atomic mass is 10.1. The van der Waals surface area contributed by atoms with Gasteiger partial charge in [-0.2, -0.15) is 5.26 Å². The minimum atomic E-state index is -0.0975. The molecule has 0 N–H and O–H groups in total. The highest BCUT2D eigenvalue weighted by molar-refractivity contribution is 7.98. The van der Waals surface area contributed by atoms with Gasteiger partial charge in [0.1, 0.15) is 0 Å². The number of benzene rings is 1. The van der Waals surface area contributed by atoms with Gasteiger partial charge in [-0.05, 0) is 36.6 Å². The van der Waals surface area contributed by atoms with E-state index in [-0.39, 0.29) is 11.7 Å². The third-order valence-corrected chi connectivity index (χ3v) is 5.62. The van der Waals surface area contributed by atoms with Crippen molar-refractivity contribution in [3.63, 3.8) is 0 Å². The largest absolute Gasteiger partial charge is 0.376 e. The zero-order valence-corrected chi connectivity index (χ0v) is 15.5. The number of ether oxygens (including phenoxy) is 1. The number of hydrogen-bond acceptors (Lipinski definition) is 6. The van der Waals surface area contributed by atoms with Crippen LogP contribution in [0.15, 0.2) is 52.5 Å². The van der Waals surface area contributed by atoms with E-state index in [4.69, 9.17) is 4.74 Å². The molecule has 1 aromatic carbocycles. The third kappa shape index (κ3) is 3.72. The monoisotopic (exact) mass is 378 g/mol. The first-order valence-corrected chi connectivity index (χ1v) is 9.83. The second-order valence-electron chi connectivity index (χ2n) is 6.38. The van der Waals surface area contributed by atoms with Crippen molar-refractivity contribution in [3.8, 4) is 6.07 Å². The summed E-state index contributed by atoms with van der Waals surface area (Å²) >= 11 is 1.45. The summed E-state index contributed by atoms with van der Waals surface area (Å²) in [5, 5.41) is 10.4. The summed E-state index contributed by atoms with van der Waals surface area (Å²) in [7, 11) is 0. The van der Waals surface area contributed by atoms with Gasteiger partial charge >= 0.3 is 0 Å². The van der Waals surface area contributed by atoms with E-state index in [1.165, 1.54) is 11.8 Å². The van der Waals surface area contributed by atoms with Crippen molar-refractivity contribution in [2.24, 2.45) is 0 Å². The Bertz CT molecular complexity index is 1070. The Morgan fingerprint density at radius 2 is 2.19 bits per heavy atom. The van der Waals surface area contributed by atoms with Crippen molar-refractivity contribution in [3.05, 3.63) is 64.1 Å². The Kier molecular flexibility index (Phi) is 5.19. The molecule has 0 bridgehead atoms. The molecule has 1 aliphatic rings. The highest BCUT2D eigenvalue weighted by Gasteiger charge is 2.20. The van der Waals surface area contributed by atoms with Gasteiger partial charge in [0, 0.05) is 18.6 Å². The van der Waals surface area contributed by atoms with Crippen LogP contribution in [0.5, 0.6) is 0 Å². The highest BCUT2D eigenvalue weighted by Crippen LogP contribution is 2.24. The zero-order valence-electron chi connectivity index (χ0n) is 14.7. The van der Waals surface area contributed by atoms with Crippen LogP contribution in [0.25, 0.3) is 11.0 Å². The molecule has 0 saturated carbocycles. The van der Waals surface area contributed by atoms with E-state index in [0.29, 0.717) is 34.1 Å². The van der Waals surface area contributed by atoms with E-state index in [0.717, 1.165) is 25.0 Å². The van der Waals surface area contributed by atoms with Gasteiger partial charge < -0.3 is 4.74 Å². The molecule has 1 unspecified atom stereocenters. The molecular weight excluding hydrogens is 360 g/mol. The molecule has 1 saturated heterocycles. The normalized spacial score (nSPS) is 16.5. The van der Waals surface area contributed by atoms with Crippen molar-refractivity contribution < 1.29 is 4.74 Å². The lowest BCUT2D eigenvalue weighted by Crippen LogP contribution is -2.29. The van der Waals surface area contributed by atoms with Crippen molar-refractivity contribution in [1.82, 2.24) is 14.5 Å². The molecule has 136 valence electrons. The fourth-order valence-corrected chi connectivity index (χ4v) is 4.20. The topological polar surface area (TPSA) is 80.8 Å². The molecule has 1 fully saturated rings. The molecule has 6 nitrogen and oxygen atoms in total. The molecule has 7 heteroatoms. The number of nitriles is 1. The van der Waals surface area contributed by atoms with Crippen LogP contribution < -0.4 is 5.56 Å². The second kappa shape index (κ2) is 7.91. The molecule has 3 aromatic rings. The van der Waals surface area contributed by atoms with E-state index in [9.17, 15) is 10.1 Å². The van der Waals surface area contributed by atoms with Gasteiger partial charge in [-0.15, -0.1) is 0 Å². The van der Waals surface area contributed by atoms with Gasteiger partial charge in [0.25, 0.3) is 5.56 Å². The molecule has 0 radical (unpaired) electrons. The SMILES string of the molecule is N#Cc1ccccc1CSc1nc2ncccc2c(=O)n1CC1CCCO1. The third-order valence-electron chi connectivity index (χ3n) is 4.60. The average molecular weight is 378 g/mol. The van der Waals surface area contributed by atoms with Gasteiger partial charge in [-0.3, -0.25) is 9.36 Å². The van der Waals surface area contributed by atoms with Gasteiger partial charge in [0.2, 0.25) is 0 Å². The standard InChI is InChI=1S/C20H18N4O2S/c21-11-14-5-1-2-6-15(14)13-27-20-23-18-17(8-3-9-22-18)19(25)24(20)12-16-7-4-10-26-16/h1-3,5-6,8-9,16H,4,7,10,12-13H2. The maximum atomic E-state index is 13.0. The number of rotatable bonds is 5. The second-order valence-corrected chi connectivity index (χ2v) is 7.32. The molecule has 0 amide bonds. The predicted octanol–water partition coefficient (Wildman–Crippen LogP) is 3.13. The molecule has 4 rings (SSSR count). The summed E-state index contributed by atoms with van der Waals surface area (Å²) in [5.41, 5.74) is 1.91. The smallest absolute Gasteiger partial charge is 0.263 e.